The minimum Gasteiger partial charge on any atom is -0.355 e. The second-order valence-electron chi connectivity index (χ2n) is 2.90. The van der Waals surface area contributed by atoms with E-state index in [2.05, 4.69) is 10.6 Å². The molecule has 0 heterocycles. The van der Waals surface area contributed by atoms with Crippen LogP contribution in [-0.4, -0.2) is 24.9 Å². The van der Waals surface area contributed by atoms with Crippen LogP contribution in [0.2, 0.25) is 0 Å². The van der Waals surface area contributed by atoms with E-state index in [0.717, 1.165) is 0 Å². The Morgan fingerprint density at radius 2 is 2.08 bits per heavy atom. The number of amides is 2. The molecule has 12 heavy (non-hydrogen) atoms. The van der Waals surface area contributed by atoms with E-state index in [0.29, 0.717) is 13.0 Å². The number of rotatable bonds is 5. The van der Waals surface area contributed by atoms with Crippen LogP contribution < -0.4 is 10.6 Å². The Kier molecular flexibility index (Phi) is 5.08. The summed E-state index contributed by atoms with van der Waals surface area (Å²) in [5.41, 5.74) is 0. The molecule has 0 rings (SSSR count). The highest BCUT2D eigenvalue weighted by molar-refractivity contribution is 5.83. The first-order valence-electron chi connectivity index (χ1n) is 4.10. The lowest BCUT2D eigenvalue weighted by atomic mass is 10.0. The third kappa shape index (κ3) is 3.37. The lowest BCUT2D eigenvalue weighted by Gasteiger charge is -2.18. The molecule has 0 aliphatic carbocycles. The lowest BCUT2D eigenvalue weighted by molar-refractivity contribution is -0.126. The molecule has 0 aromatic carbocycles. The van der Waals surface area contributed by atoms with Crippen molar-refractivity contribution >= 4 is 12.3 Å². The molecule has 0 saturated carbocycles. The molecule has 0 bridgehead atoms. The zero-order valence-corrected chi connectivity index (χ0v) is 7.76. The van der Waals surface area contributed by atoms with Gasteiger partial charge in [-0.1, -0.05) is 13.8 Å². The van der Waals surface area contributed by atoms with Gasteiger partial charge in [-0.25, -0.2) is 0 Å². The Morgan fingerprint density at radius 3 is 2.42 bits per heavy atom. The number of hydrogen-bond acceptors (Lipinski definition) is 2. The van der Waals surface area contributed by atoms with Gasteiger partial charge in [0.15, 0.2) is 0 Å². The fraction of sp³-hybridized carbons (Fsp3) is 0.750. The van der Waals surface area contributed by atoms with Gasteiger partial charge in [-0.05, 0) is 12.8 Å². The van der Waals surface area contributed by atoms with E-state index in [1.54, 1.807) is 0 Å². The molecule has 4 nitrogen and oxygen atoms in total. The third-order valence-electron chi connectivity index (χ3n) is 1.55. The maximum atomic E-state index is 11.2. The molecule has 0 radical (unpaired) electrons. The second-order valence-corrected chi connectivity index (χ2v) is 2.90. The summed E-state index contributed by atoms with van der Waals surface area (Å²) in [5.74, 6) is -0.0126. The number of nitrogens with one attached hydrogen (secondary N) is 2. The molecule has 0 aliphatic rings. The largest absolute Gasteiger partial charge is 0.355 e. The number of carbonyl (C=O) groups is 2. The van der Waals surface area contributed by atoms with Crippen LogP contribution in [0.1, 0.15) is 20.8 Å². The Balaban J connectivity index is 4.08. The summed E-state index contributed by atoms with van der Waals surface area (Å²) in [6, 6.07) is -0.414. The molecular formula is C8H16N2O2. The molecule has 1 atom stereocenters. The summed E-state index contributed by atoms with van der Waals surface area (Å²) in [6.45, 7) is 6.20. The summed E-state index contributed by atoms with van der Waals surface area (Å²) < 4.78 is 0. The Bertz CT molecular complexity index is 157. The minimum atomic E-state index is -0.414. The highest BCUT2D eigenvalue weighted by atomic mass is 16.2. The monoisotopic (exact) mass is 172 g/mol. The van der Waals surface area contributed by atoms with Gasteiger partial charge >= 0.3 is 0 Å². The van der Waals surface area contributed by atoms with Crippen molar-refractivity contribution in [2.45, 2.75) is 26.8 Å². The van der Waals surface area contributed by atoms with E-state index < -0.39 is 6.04 Å². The number of likely N-dealkylation sites (N-methyl/N-ethyl adjacent to an activating group) is 1. The maximum absolute atomic E-state index is 11.2. The predicted octanol–water partition coefficient (Wildman–Crippen LogP) is -0.107. The topological polar surface area (TPSA) is 58.2 Å². The lowest BCUT2D eigenvalue weighted by Crippen LogP contribution is -2.46. The SMILES string of the molecule is CCNC(=O)C(NC=O)C(C)C. The van der Waals surface area contributed by atoms with E-state index in [-0.39, 0.29) is 11.8 Å². The Labute approximate surface area is 72.7 Å². The van der Waals surface area contributed by atoms with Crippen molar-refractivity contribution in [1.82, 2.24) is 10.6 Å². The van der Waals surface area contributed by atoms with Gasteiger partial charge in [0.05, 0.1) is 0 Å². The molecule has 0 saturated heterocycles. The Morgan fingerprint density at radius 1 is 1.50 bits per heavy atom. The summed E-state index contributed by atoms with van der Waals surface area (Å²) in [7, 11) is 0. The predicted molar refractivity (Wildman–Crippen MR) is 46.5 cm³/mol. The van der Waals surface area contributed by atoms with Crippen LogP contribution in [0.4, 0.5) is 0 Å². The molecule has 0 aromatic heterocycles. The maximum Gasteiger partial charge on any atom is 0.242 e. The van der Waals surface area contributed by atoms with Crippen LogP contribution in [0.3, 0.4) is 0 Å². The van der Waals surface area contributed by atoms with Crippen molar-refractivity contribution in [1.29, 1.82) is 0 Å². The van der Waals surface area contributed by atoms with Crippen LogP contribution in [0, 0.1) is 5.92 Å². The summed E-state index contributed by atoms with van der Waals surface area (Å²) in [5, 5.41) is 5.13. The van der Waals surface area contributed by atoms with Gasteiger partial charge in [0.2, 0.25) is 12.3 Å². The molecule has 2 N–H and O–H groups in total. The molecule has 1 unspecified atom stereocenters. The summed E-state index contributed by atoms with van der Waals surface area (Å²) in [6.07, 6.45) is 0.555. The molecule has 0 spiro atoms. The van der Waals surface area contributed by atoms with Gasteiger partial charge in [0.25, 0.3) is 0 Å². The van der Waals surface area contributed by atoms with Crippen molar-refractivity contribution in [2.75, 3.05) is 6.54 Å². The minimum absolute atomic E-state index is 0.113. The van der Waals surface area contributed by atoms with Crippen LogP contribution in [0.5, 0.6) is 0 Å². The van der Waals surface area contributed by atoms with Crippen LogP contribution >= 0.6 is 0 Å². The van der Waals surface area contributed by atoms with Crippen LogP contribution in [0.15, 0.2) is 0 Å². The Hall–Kier alpha value is -1.06. The average Bonchev–Trinajstić information content (AvgIpc) is 1.99. The summed E-state index contributed by atoms with van der Waals surface area (Å²) >= 11 is 0. The highest BCUT2D eigenvalue weighted by Gasteiger charge is 2.19. The van der Waals surface area contributed by atoms with Gasteiger partial charge in [-0.3, -0.25) is 9.59 Å². The van der Waals surface area contributed by atoms with Crippen molar-refractivity contribution in [3.8, 4) is 0 Å². The quantitative estimate of drug-likeness (QED) is 0.569. The smallest absolute Gasteiger partial charge is 0.242 e. The van der Waals surface area contributed by atoms with E-state index in [1.807, 2.05) is 20.8 Å². The van der Waals surface area contributed by atoms with Crippen molar-refractivity contribution < 1.29 is 9.59 Å². The van der Waals surface area contributed by atoms with Gasteiger partial charge in [0, 0.05) is 6.54 Å². The van der Waals surface area contributed by atoms with Gasteiger partial charge in [0.1, 0.15) is 6.04 Å². The van der Waals surface area contributed by atoms with Gasteiger partial charge in [-0.2, -0.15) is 0 Å². The second kappa shape index (κ2) is 5.57. The van der Waals surface area contributed by atoms with Gasteiger partial charge < -0.3 is 10.6 Å². The average molecular weight is 172 g/mol. The normalized spacial score (nSPS) is 12.3. The van der Waals surface area contributed by atoms with E-state index >= 15 is 0 Å². The first-order valence-corrected chi connectivity index (χ1v) is 4.10. The van der Waals surface area contributed by atoms with E-state index in [1.165, 1.54) is 0 Å². The first kappa shape index (κ1) is 10.9. The molecule has 70 valence electrons. The van der Waals surface area contributed by atoms with Crippen LogP contribution in [0.25, 0.3) is 0 Å². The molecule has 0 aromatic rings. The number of carbonyl (C=O) groups excluding carboxylic acids is 2. The zero-order valence-electron chi connectivity index (χ0n) is 7.76. The van der Waals surface area contributed by atoms with E-state index in [9.17, 15) is 9.59 Å². The molecular weight excluding hydrogens is 156 g/mol. The highest BCUT2D eigenvalue weighted by Crippen LogP contribution is 2.00. The van der Waals surface area contributed by atoms with Crippen molar-refractivity contribution in [3.63, 3.8) is 0 Å². The summed E-state index contributed by atoms with van der Waals surface area (Å²) in [4.78, 5) is 21.4. The molecule has 0 aliphatic heterocycles. The van der Waals surface area contributed by atoms with Gasteiger partial charge in [-0.15, -0.1) is 0 Å². The van der Waals surface area contributed by atoms with Crippen molar-refractivity contribution in [2.24, 2.45) is 5.92 Å². The first-order chi connectivity index (χ1) is 5.63. The number of hydrogen-bond donors (Lipinski definition) is 2. The fourth-order valence-corrected chi connectivity index (χ4v) is 0.928. The third-order valence-corrected chi connectivity index (χ3v) is 1.55. The van der Waals surface area contributed by atoms with E-state index in [4.69, 9.17) is 0 Å². The zero-order chi connectivity index (χ0) is 9.56. The van der Waals surface area contributed by atoms with Crippen LogP contribution in [-0.2, 0) is 9.59 Å². The molecule has 4 heteroatoms. The standard InChI is InChI=1S/C8H16N2O2/c1-4-9-8(12)7(6(2)3)10-5-11/h5-7H,4H2,1-3H3,(H,9,12)(H,10,11). The molecule has 0 fully saturated rings. The molecule has 2 amide bonds. The fourth-order valence-electron chi connectivity index (χ4n) is 0.928. The van der Waals surface area contributed by atoms with Crippen molar-refractivity contribution in [3.05, 3.63) is 0 Å².